The maximum Gasteiger partial charge on any atom is 0.0810 e. The van der Waals surface area contributed by atoms with E-state index < -0.39 is 30.4 Å². The molecule has 4 bridgehead atoms. The van der Waals surface area contributed by atoms with Crippen LogP contribution in [0, 0.1) is 0 Å². The van der Waals surface area contributed by atoms with Crippen LogP contribution in [-0.4, -0.2) is 30.4 Å². The fourth-order valence-corrected chi connectivity index (χ4v) is 32.1. The van der Waals surface area contributed by atoms with Gasteiger partial charge in [0.2, 0.25) is 0 Å². The molecule has 6 heteroatoms. The maximum atomic E-state index is 2.68. The van der Waals surface area contributed by atoms with Gasteiger partial charge in [-0.1, -0.05) is 125 Å². The molecule has 7 rings (SSSR count). The Kier molecular flexibility index (Phi) is 5.23. The van der Waals surface area contributed by atoms with Gasteiger partial charge in [-0.2, -0.15) is 0 Å². The zero-order valence-electron chi connectivity index (χ0n) is 23.7. The van der Waals surface area contributed by atoms with E-state index in [-0.39, 0.29) is 0 Å². The lowest BCUT2D eigenvalue weighted by atomic mass is 10.1. The predicted molar refractivity (Wildman–Crippen MR) is 187 cm³/mol. The lowest BCUT2D eigenvalue weighted by molar-refractivity contribution is 1.75. The molecule has 0 radical (unpaired) electrons. The number of benzene rings is 4. The molecule has 0 aliphatic carbocycles. The van der Waals surface area contributed by atoms with Crippen LogP contribution in [0.5, 0.6) is 0 Å². The molecule has 192 valence electrons. The topological polar surface area (TPSA) is 0 Å². The first kappa shape index (κ1) is 25.2. The summed E-state index contributed by atoms with van der Waals surface area (Å²) in [7, 11) is -7.37. The van der Waals surface area contributed by atoms with Crippen LogP contribution >= 0.6 is 22.7 Å². The van der Waals surface area contributed by atoms with Crippen LogP contribution in [0.3, 0.4) is 0 Å². The van der Waals surface area contributed by atoms with Crippen molar-refractivity contribution in [1.82, 2.24) is 0 Å². The zero-order valence-corrected chi connectivity index (χ0v) is 29.4. The second-order valence-electron chi connectivity index (χ2n) is 13.4. The van der Waals surface area contributed by atoms with Crippen LogP contribution in [0.15, 0.2) is 72.8 Å². The fraction of sp³-hybridized carbons (Fsp3) is 0.250. The number of thiophene rings is 2. The highest BCUT2D eigenvalue weighted by molar-refractivity contribution is 7.54. The molecule has 0 fully saturated rings. The van der Waals surface area contributed by atoms with Crippen LogP contribution < -0.4 is 20.7 Å². The highest BCUT2D eigenvalue weighted by Gasteiger charge is 2.48. The number of hydrogen-bond donors (Lipinski definition) is 0. The molecule has 2 aromatic heterocycles. The lowest BCUT2D eigenvalue weighted by Crippen LogP contribution is -2.69. The minimum absolute atomic E-state index is 1.49. The largest absolute Gasteiger partial charge is 0.135 e. The molecule has 1 aliphatic heterocycles. The Morgan fingerprint density at radius 2 is 0.553 bits per heavy atom. The van der Waals surface area contributed by atoms with Gasteiger partial charge in [0.05, 0.1) is 30.4 Å². The highest BCUT2D eigenvalue weighted by atomic mass is 32.1. The highest BCUT2D eigenvalue weighted by Crippen LogP contribution is 2.40. The summed E-state index contributed by atoms with van der Waals surface area (Å²) in [6, 6.07) is 29.1. The molecule has 0 atom stereocenters. The predicted octanol–water partition coefficient (Wildman–Crippen LogP) is 7.95. The van der Waals surface area contributed by atoms with Gasteiger partial charge in [-0.05, 0) is 20.7 Å². The van der Waals surface area contributed by atoms with E-state index in [0.29, 0.717) is 0 Å². The molecule has 0 unspecified atom stereocenters. The van der Waals surface area contributed by atoms with Crippen molar-refractivity contribution in [3.63, 3.8) is 0 Å². The molecule has 0 spiro atoms. The van der Waals surface area contributed by atoms with Crippen molar-refractivity contribution in [2.75, 3.05) is 0 Å². The summed E-state index contributed by atoms with van der Waals surface area (Å²) in [4.78, 5) is 0. The van der Waals surface area contributed by atoms with Gasteiger partial charge < -0.3 is 0 Å². The standard InChI is InChI=1S/C32H36S2Si4/c1-35(2)25-17-9-13-21-22-15-11-19-27(31(22)33-29(21)25)37(5,6)38(7,8)28-20-12-16-24-23-14-10-18-26(36(35,3)4)30(23)34-32(24)28/h9-20H,1-8H3. The monoisotopic (exact) mass is 596 g/mol. The Labute approximate surface area is 238 Å². The van der Waals surface area contributed by atoms with Gasteiger partial charge in [-0.25, -0.2) is 0 Å². The van der Waals surface area contributed by atoms with Crippen molar-refractivity contribution in [1.29, 1.82) is 0 Å². The Morgan fingerprint density at radius 3 is 0.763 bits per heavy atom. The molecule has 3 heterocycles. The van der Waals surface area contributed by atoms with Crippen molar-refractivity contribution in [2.45, 2.75) is 52.4 Å². The molecule has 0 nitrogen and oxygen atoms in total. The summed E-state index contributed by atoms with van der Waals surface area (Å²) in [5, 5.41) is 12.7. The molecular formula is C32H36S2Si4. The molecular weight excluding hydrogens is 561 g/mol. The van der Waals surface area contributed by atoms with Gasteiger partial charge in [0.25, 0.3) is 0 Å². The molecule has 4 aromatic carbocycles. The number of hydrogen-bond acceptors (Lipinski definition) is 2. The molecule has 38 heavy (non-hydrogen) atoms. The normalized spacial score (nSPS) is 19.4. The Hall–Kier alpha value is -1.81. The molecule has 0 amide bonds. The first-order valence-electron chi connectivity index (χ1n) is 13.8. The van der Waals surface area contributed by atoms with E-state index in [2.05, 4.69) is 148 Å². The molecule has 6 aromatic rings. The van der Waals surface area contributed by atoms with Crippen LogP contribution in [0.2, 0.25) is 52.4 Å². The smallest absolute Gasteiger partial charge is 0.0810 e. The fourth-order valence-electron chi connectivity index (χ4n) is 6.96. The maximum absolute atomic E-state index is 2.68. The van der Waals surface area contributed by atoms with Crippen molar-refractivity contribution in [3.8, 4) is 0 Å². The van der Waals surface area contributed by atoms with Crippen molar-refractivity contribution < 1.29 is 0 Å². The Morgan fingerprint density at radius 1 is 0.342 bits per heavy atom. The van der Waals surface area contributed by atoms with E-state index in [1.54, 1.807) is 39.5 Å². The van der Waals surface area contributed by atoms with Crippen LogP contribution in [0.25, 0.3) is 40.3 Å². The number of fused-ring (bicyclic) bond motifs is 2. The van der Waals surface area contributed by atoms with Gasteiger partial charge in [-0.15, -0.1) is 22.7 Å². The van der Waals surface area contributed by atoms with Crippen LogP contribution in [-0.2, 0) is 0 Å². The molecule has 0 saturated carbocycles. The minimum atomic E-state index is -1.84. The molecule has 0 saturated heterocycles. The zero-order chi connectivity index (χ0) is 26.8. The first-order valence-corrected chi connectivity index (χ1v) is 29.4. The Bertz CT molecular complexity index is 1660. The van der Waals surface area contributed by atoms with Crippen molar-refractivity contribution in [3.05, 3.63) is 72.8 Å². The second-order valence-corrected chi connectivity index (χ2v) is 45.6. The van der Waals surface area contributed by atoms with Crippen LogP contribution in [0.4, 0.5) is 0 Å². The average Bonchev–Trinajstić information content (AvgIpc) is 3.45. The summed E-state index contributed by atoms with van der Waals surface area (Å²) in [5.74, 6) is 0. The average molecular weight is 597 g/mol. The van der Waals surface area contributed by atoms with E-state index in [9.17, 15) is 0 Å². The summed E-state index contributed by atoms with van der Waals surface area (Å²) < 4.78 is 6.31. The Balaban J connectivity index is 1.74. The summed E-state index contributed by atoms with van der Waals surface area (Å²) in [6.45, 7) is 21.4. The summed E-state index contributed by atoms with van der Waals surface area (Å²) in [5.41, 5.74) is 0. The molecule has 0 N–H and O–H groups in total. The van der Waals surface area contributed by atoms with E-state index >= 15 is 0 Å². The summed E-state index contributed by atoms with van der Waals surface area (Å²) in [6.07, 6.45) is 0. The first-order chi connectivity index (χ1) is 17.9. The number of rotatable bonds is 0. The van der Waals surface area contributed by atoms with Gasteiger partial charge in [-0.3, -0.25) is 0 Å². The van der Waals surface area contributed by atoms with E-state index in [1.165, 1.54) is 21.5 Å². The molecule has 1 aliphatic rings. The third-order valence-electron chi connectivity index (χ3n) is 10.9. The third kappa shape index (κ3) is 2.99. The quantitative estimate of drug-likeness (QED) is 0.156. The van der Waals surface area contributed by atoms with Crippen molar-refractivity contribution in [2.24, 2.45) is 0 Å². The SMILES string of the molecule is C[Si]1(C)c2cccc3c2sc2c(cccc23)[Si](C)(C)[Si](C)(C)c2cccc3c2sc2c(cccc23)[Si]1(C)C. The van der Waals surface area contributed by atoms with E-state index in [0.717, 1.165) is 0 Å². The minimum Gasteiger partial charge on any atom is -0.135 e. The summed E-state index contributed by atoms with van der Waals surface area (Å²) >= 11 is 4.26. The van der Waals surface area contributed by atoms with Crippen LogP contribution in [0.1, 0.15) is 0 Å². The van der Waals surface area contributed by atoms with Gasteiger partial charge in [0.15, 0.2) is 0 Å². The van der Waals surface area contributed by atoms with Crippen molar-refractivity contribution >= 4 is 114 Å². The van der Waals surface area contributed by atoms with E-state index in [1.807, 2.05) is 0 Å². The second kappa shape index (κ2) is 7.89. The lowest BCUT2D eigenvalue weighted by Gasteiger charge is -2.40. The van der Waals surface area contributed by atoms with Gasteiger partial charge in [0, 0.05) is 40.3 Å². The van der Waals surface area contributed by atoms with Gasteiger partial charge >= 0.3 is 0 Å². The third-order valence-corrected chi connectivity index (χ3v) is 49.5. The van der Waals surface area contributed by atoms with E-state index in [4.69, 9.17) is 0 Å². The van der Waals surface area contributed by atoms with Gasteiger partial charge in [0.1, 0.15) is 0 Å².